The molecule has 2 aromatic carbocycles. The number of ether oxygens (including phenoxy) is 1. The highest BCUT2D eigenvalue weighted by atomic mass is 79.9. The van der Waals surface area contributed by atoms with Crippen LogP contribution in [0.3, 0.4) is 0 Å². The summed E-state index contributed by atoms with van der Waals surface area (Å²) in [6, 6.07) is 11.1. The maximum absolute atomic E-state index is 10.8. The lowest BCUT2D eigenvalue weighted by Crippen LogP contribution is -1.96. The van der Waals surface area contributed by atoms with Crippen molar-refractivity contribution in [2.75, 3.05) is 0 Å². The number of hydrogen-bond acceptors (Lipinski definition) is 3. The first-order valence-electron chi connectivity index (χ1n) is 5.41. The fraction of sp³-hybridized carbons (Fsp3) is 0. The highest BCUT2D eigenvalue weighted by molar-refractivity contribution is 9.10. The van der Waals surface area contributed by atoms with Crippen molar-refractivity contribution in [2.45, 2.75) is 0 Å². The van der Waals surface area contributed by atoms with Gasteiger partial charge in [0.2, 0.25) is 0 Å². The summed E-state index contributed by atoms with van der Waals surface area (Å²) in [6.07, 6.45) is 0. The quantitative estimate of drug-likeness (QED) is 0.885. The van der Waals surface area contributed by atoms with E-state index in [0.29, 0.717) is 21.5 Å². The van der Waals surface area contributed by atoms with Gasteiger partial charge in [-0.3, -0.25) is 0 Å². The third kappa shape index (κ3) is 3.10. The molecule has 0 unspecified atom stereocenters. The molecule has 1 N–H and O–H groups in total. The van der Waals surface area contributed by atoms with Crippen LogP contribution in [0.15, 0.2) is 40.9 Å². The molecule has 0 atom stereocenters. The van der Waals surface area contributed by atoms with Crippen molar-refractivity contribution >= 4 is 33.5 Å². The van der Waals surface area contributed by atoms with E-state index in [2.05, 4.69) is 15.9 Å². The molecule has 6 heteroatoms. The Morgan fingerprint density at radius 2 is 2.05 bits per heavy atom. The van der Waals surface area contributed by atoms with E-state index in [4.69, 9.17) is 26.7 Å². The molecular weight excluding hydrogens is 346 g/mol. The highest BCUT2D eigenvalue weighted by Crippen LogP contribution is 2.32. The number of hydrogen-bond donors (Lipinski definition) is 1. The summed E-state index contributed by atoms with van der Waals surface area (Å²) in [7, 11) is 0. The minimum atomic E-state index is -1.06. The Hall–Kier alpha value is -2.03. The predicted octanol–water partition coefficient (Wildman–Crippen LogP) is 4.46. The molecule has 0 saturated carbocycles. The second kappa shape index (κ2) is 5.95. The predicted molar refractivity (Wildman–Crippen MR) is 77.3 cm³/mol. The van der Waals surface area contributed by atoms with E-state index in [-0.39, 0.29) is 10.6 Å². The molecule has 0 bridgehead atoms. The number of halogens is 2. The van der Waals surface area contributed by atoms with Crippen molar-refractivity contribution in [1.82, 2.24) is 0 Å². The average molecular weight is 353 g/mol. The molecule has 0 aliphatic heterocycles. The summed E-state index contributed by atoms with van der Waals surface area (Å²) in [5, 5.41) is 17.9. The van der Waals surface area contributed by atoms with Crippen LogP contribution in [-0.2, 0) is 0 Å². The number of aromatic carboxylic acids is 1. The Morgan fingerprint density at radius 3 is 2.60 bits per heavy atom. The van der Waals surface area contributed by atoms with Crippen LogP contribution in [0.2, 0.25) is 5.02 Å². The molecule has 4 nitrogen and oxygen atoms in total. The fourth-order valence-electron chi connectivity index (χ4n) is 1.49. The van der Waals surface area contributed by atoms with Crippen LogP contribution in [0, 0.1) is 11.3 Å². The van der Waals surface area contributed by atoms with Crippen LogP contribution >= 0.6 is 27.5 Å². The van der Waals surface area contributed by atoms with E-state index >= 15 is 0 Å². The van der Waals surface area contributed by atoms with E-state index in [0.717, 1.165) is 0 Å². The van der Waals surface area contributed by atoms with Gasteiger partial charge in [0.05, 0.1) is 16.1 Å². The topological polar surface area (TPSA) is 70.3 Å². The molecule has 0 heterocycles. The molecule has 0 aliphatic carbocycles. The molecule has 0 radical (unpaired) electrons. The van der Waals surface area contributed by atoms with E-state index < -0.39 is 5.97 Å². The zero-order valence-corrected chi connectivity index (χ0v) is 12.3. The van der Waals surface area contributed by atoms with Gasteiger partial charge in [-0.2, -0.15) is 5.26 Å². The normalized spacial score (nSPS) is 9.85. The molecule has 0 amide bonds. The van der Waals surface area contributed by atoms with Gasteiger partial charge in [0.25, 0.3) is 0 Å². The molecule has 0 spiro atoms. The number of rotatable bonds is 3. The molecule has 0 aliphatic rings. The Morgan fingerprint density at radius 1 is 1.30 bits per heavy atom. The van der Waals surface area contributed by atoms with Crippen LogP contribution in [0.1, 0.15) is 15.9 Å². The van der Waals surface area contributed by atoms with Crippen molar-refractivity contribution in [3.05, 3.63) is 57.0 Å². The Kier molecular flexibility index (Phi) is 4.28. The van der Waals surface area contributed by atoms with Crippen LogP contribution in [-0.4, -0.2) is 11.1 Å². The van der Waals surface area contributed by atoms with Crippen LogP contribution in [0.5, 0.6) is 11.5 Å². The minimum absolute atomic E-state index is 0.0864. The zero-order chi connectivity index (χ0) is 14.7. The standard InChI is InChI=1S/C14H7BrClNO3/c15-11-6-10(3-1-9(11)7-17)20-13-4-2-8(14(18)19)5-12(13)16/h1-6H,(H,18,19). The van der Waals surface area contributed by atoms with Crippen molar-refractivity contribution in [3.8, 4) is 17.6 Å². The van der Waals surface area contributed by atoms with Crippen molar-refractivity contribution in [1.29, 1.82) is 5.26 Å². The minimum Gasteiger partial charge on any atom is -0.478 e. The summed E-state index contributed by atoms with van der Waals surface area (Å²) in [4.78, 5) is 10.8. The van der Waals surface area contributed by atoms with Gasteiger partial charge < -0.3 is 9.84 Å². The summed E-state index contributed by atoms with van der Waals surface area (Å²) in [5.41, 5.74) is 0.577. The van der Waals surface area contributed by atoms with E-state index in [1.807, 2.05) is 6.07 Å². The van der Waals surface area contributed by atoms with Gasteiger partial charge in [0.1, 0.15) is 17.6 Å². The third-order valence-electron chi connectivity index (χ3n) is 2.47. The Labute approximate surface area is 128 Å². The maximum Gasteiger partial charge on any atom is 0.335 e. The first-order chi connectivity index (χ1) is 9.51. The van der Waals surface area contributed by atoms with Crippen molar-refractivity contribution in [2.24, 2.45) is 0 Å². The van der Waals surface area contributed by atoms with Crippen LogP contribution in [0.4, 0.5) is 0 Å². The van der Waals surface area contributed by atoms with Gasteiger partial charge in [-0.05, 0) is 52.3 Å². The first-order valence-corrected chi connectivity index (χ1v) is 6.58. The lowest BCUT2D eigenvalue weighted by atomic mass is 10.2. The largest absolute Gasteiger partial charge is 0.478 e. The number of benzene rings is 2. The molecule has 0 aromatic heterocycles. The number of carboxylic acid groups (broad SMARTS) is 1. The SMILES string of the molecule is N#Cc1ccc(Oc2ccc(C(=O)O)cc2Cl)cc1Br. The monoisotopic (exact) mass is 351 g/mol. The van der Waals surface area contributed by atoms with Crippen LogP contribution < -0.4 is 4.74 Å². The van der Waals surface area contributed by atoms with Crippen LogP contribution in [0.25, 0.3) is 0 Å². The van der Waals surface area contributed by atoms with Crippen molar-refractivity contribution < 1.29 is 14.6 Å². The Bertz CT molecular complexity index is 725. The third-order valence-corrected chi connectivity index (χ3v) is 3.42. The van der Waals surface area contributed by atoms with E-state index in [1.54, 1.807) is 18.2 Å². The van der Waals surface area contributed by atoms with Gasteiger partial charge in [0, 0.05) is 4.47 Å². The molecule has 0 fully saturated rings. The highest BCUT2D eigenvalue weighted by Gasteiger charge is 2.09. The zero-order valence-electron chi connectivity index (χ0n) is 9.93. The van der Waals surface area contributed by atoms with Gasteiger partial charge >= 0.3 is 5.97 Å². The second-order valence-electron chi connectivity index (χ2n) is 3.81. The summed E-state index contributed by atoms with van der Waals surface area (Å²) < 4.78 is 6.17. The first kappa shape index (κ1) is 14.4. The molecule has 100 valence electrons. The molecule has 20 heavy (non-hydrogen) atoms. The number of nitrogens with zero attached hydrogens (tertiary/aromatic N) is 1. The van der Waals surface area contributed by atoms with E-state index in [9.17, 15) is 4.79 Å². The number of carboxylic acids is 1. The smallest absolute Gasteiger partial charge is 0.335 e. The summed E-state index contributed by atoms with van der Waals surface area (Å²) in [5.74, 6) is -0.228. The molecule has 2 rings (SSSR count). The number of nitriles is 1. The van der Waals surface area contributed by atoms with E-state index in [1.165, 1.54) is 18.2 Å². The lowest BCUT2D eigenvalue weighted by molar-refractivity contribution is 0.0697. The van der Waals surface area contributed by atoms with Gasteiger partial charge in [-0.1, -0.05) is 11.6 Å². The average Bonchev–Trinajstić information content (AvgIpc) is 2.41. The number of carbonyl (C=O) groups is 1. The van der Waals surface area contributed by atoms with Crippen molar-refractivity contribution in [3.63, 3.8) is 0 Å². The maximum atomic E-state index is 10.8. The van der Waals surface area contributed by atoms with Gasteiger partial charge in [0.15, 0.2) is 0 Å². The summed E-state index contributed by atoms with van der Waals surface area (Å²) in [6.45, 7) is 0. The van der Waals surface area contributed by atoms with Gasteiger partial charge in [-0.25, -0.2) is 4.79 Å². The Balaban J connectivity index is 2.29. The van der Waals surface area contributed by atoms with Gasteiger partial charge in [-0.15, -0.1) is 0 Å². The fourth-order valence-corrected chi connectivity index (χ4v) is 2.16. The molecule has 0 saturated heterocycles. The summed E-state index contributed by atoms with van der Waals surface area (Å²) >= 11 is 9.23. The molecule has 2 aromatic rings. The second-order valence-corrected chi connectivity index (χ2v) is 5.07. The lowest BCUT2D eigenvalue weighted by Gasteiger charge is -2.09. The molecular formula is C14H7BrClNO3.